The van der Waals surface area contributed by atoms with Gasteiger partial charge in [0.05, 0.1) is 15.8 Å². The van der Waals surface area contributed by atoms with Crippen molar-refractivity contribution in [3.63, 3.8) is 0 Å². The van der Waals surface area contributed by atoms with E-state index in [1.807, 2.05) is 0 Å². The number of hydrogen-bond donors (Lipinski definition) is 4. The number of rotatable bonds is 10. The van der Waals surface area contributed by atoms with Crippen LogP contribution in [-0.2, 0) is 26.2 Å². The largest absolute Gasteiger partial charge is 0.507 e. The molecule has 1 heterocycles. The Bertz CT molecular complexity index is 1090. The molecule has 4 N–H and O–H groups in total. The van der Waals surface area contributed by atoms with Crippen molar-refractivity contribution >= 4 is 45.3 Å². The molecule has 0 bridgehead atoms. The summed E-state index contributed by atoms with van der Waals surface area (Å²) in [4.78, 5) is 45.6. The molecule has 0 spiro atoms. The van der Waals surface area contributed by atoms with Gasteiger partial charge in [-0.3, -0.25) is 9.59 Å². The summed E-state index contributed by atoms with van der Waals surface area (Å²) < 4.78 is 27.1. The highest BCUT2D eigenvalue weighted by molar-refractivity contribution is 7.89. The normalized spacial score (nSPS) is 12.2. The summed E-state index contributed by atoms with van der Waals surface area (Å²) in [6, 6.07) is 4.88. The van der Waals surface area contributed by atoms with E-state index in [0.29, 0.717) is 11.2 Å². The number of carboxylic acid groups (broad SMARTS) is 1. The van der Waals surface area contributed by atoms with E-state index in [-0.39, 0.29) is 28.5 Å². The number of amides is 1. The maximum absolute atomic E-state index is 12.4. The summed E-state index contributed by atoms with van der Waals surface area (Å²) in [5, 5.41) is 20.9. The number of benzene rings is 1. The molecule has 10 nitrogen and oxygen atoms in total. The average molecular weight is 454 g/mol. The van der Waals surface area contributed by atoms with Crippen LogP contribution >= 0.6 is 11.3 Å². The van der Waals surface area contributed by atoms with Gasteiger partial charge in [-0.15, -0.1) is 11.3 Å². The maximum atomic E-state index is 12.4. The highest BCUT2D eigenvalue weighted by atomic mass is 32.2. The van der Waals surface area contributed by atoms with Crippen molar-refractivity contribution in [2.24, 2.45) is 0 Å². The van der Waals surface area contributed by atoms with Crippen LogP contribution in [0.25, 0.3) is 0 Å². The molecule has 1 aromatic heterocycles. The third-order valence-corrected chi connectivity index (χ3v) is 6.30. The molecule has 2 aromatic rings. The molecule has 0 saturated carbocycles. The Labute approximate surface area is 175 Å². The van der Waals surface area contributed by atoms with Gasteiger partial charge in [0.1, 0.15) is 23.4 Å². The molecule has 2 rings (SSSR count). The van der Waals surface area contributed by atoms with Gasteiger partial charge in [-0.1, -0.05) is 0 Å². The van der Waals surface area contributed by atoms with Crippen molar-refractivity contribution in [3.05, 3.63) is 45.6 Å². The lowest BCUT2D eigenvalue weighted by atomic mass is 10.2. The number of aromatic carboxylic acids is 1. The molecular weight excluding hydrogens is 436 g/mol. The SMILES string of the molecule is CC(=O)C[C@@H](C=O)NC(=O)c1ccc(CNS(=O)(=O)c2ccc(O)c(C(=O)O)c2)s1. The second kappa shape index (κ2) is 9.61. The molecule has 1 amide bonds. The molecule has 12 heteroatoms. The number of ketones is 1. The van der Waals surface area contributed by atoms with Crippen molar-refractivity contribution in [1.29, 1.82) is 0 Å². The van der Waals surface area contributed by atoms with Crippen LogP contribution in [0.4, 0.5) is 0 Å². The van der Waals surface area contributed by atoms with E-state index in [0.717, 1.165) is 29.5 Å². The van der Waals surface area contributed by atoms with E-state index < -0.39 is 39.3 Å². The smallest absolute Gasteiger partial charge is 0.339 e. The molecule has 1 atom stereocenters. The van der Waals surface area contributed by atoms with Gasteiger partial charge in [-0.2, -0.15) is 0 Å². The zero-order valence-corrected chi connectivity index (χ0v) is 17.2. The van der Waals surface area contributed by atoms with E-state index in [1.165, 1.54) is 19.1 Å². The number of Topliss-reactive ketones (excluding diaryl/α,β-unsaturated/α-hetero) is 1. The topological polar surface area (TPSA) is 167 Å². The Morgan fingerprint density at radius 1 is 1.20 bits per heavy atom. The summed E-state index contributed by atoms with van der Waals surface area (Å²) in [5.41, 5.74) is -0.553. The monoisotopic (exact) mass is 454 g/mol. The van der Waals surface area contributed by atoms with Crippen LogP contribution in [0.3, 0.4) is 0 Å². The number of phenols is 1. The van der Waals surface area contributed by atoms with Crippen LogP contribution in [0.2, 0.25) is 0 Å². The number of carbonyl (C=O) groups is 4. The molecular formula is C18H18N2O8S2. The van der Waals surface area contributed by atoms with Crippen LogP contribution in [0.5, 0.6) is 5.75 Å². The van der Waals surface area contributed by atoms with Crippen LogP contribution in [-0.4, -0.2) is 48.6 Å². The lowest BCUT2D eigenvalue weighted by molar-refractivity contribution is -0.119. The number of hydrogen-bond acceptors (Lipinski definition) is 8. The Hall–Kier alpha value is -3.09. The van der Waals surface area contributed by atoms with E-state index in [2.05, 4.69) is 10.0 Å². The van der Waals surface area contributed by atoms with Gasteiger partial charge in [0, 0.05) is 17.8 Å². The highest BCUT2D eigenvalue weighted by Crippen LogP contribution is 2.22. The zero-order valence-electron chi connectivity index (χ0n) is 15.6. The molecule has 30 heavy (non-hydrogen) atoms. The minimum absolute atomic E-state index is 0.127. The first-order valence-corrected chi connectivity index (χ1v) is 10.7. The van der Waals surface area contributed by atoms with Crippen LogP contribution in [0.15, 0.2) is 35.2 Å². The minimum Gasteiger partial charge on any atom is -0.507 e. The summed E-state index contributed by atoms with van der Waals surface area (Å²) in [6.07, 6.45) is 0.337. The van der Waals surface area contributed by atoms with Crippen LogP contribution in [0, 0.1) is 0 Å². The number of thiophene rings is 1. The van der Waals surface area contributed by atoms with Gasteiger partial charge in [0.2, 0.25) is 10.0 Å². The molecule has 1 aromatic carbocycles. The first-order valence-electron chi connectivity index (χ1n) is 8.43. The molecule has 0 saturated heterocycles. The Morgan fingerprint density at radius 3 is 2.50 bits per heavy atom. The van der Waals surface area contributed by atoms with Gasteiger partial charge in [-0.25, -0.2) is 17.9 Å². The maximum Gasteiger partial charge on any atom is 0.339 e. The Balaban J connectivity index is 2.07. The van der Waals surface area contributed by atoms with Crippen molar-refractivity contribution in [3.8, 4) is 5.75 Å². The Kier molecular flexibility index (Phi) is 7.43. The van der Waals surface area contributed by atoms with E-state index in [4.69, 9.17) is 5.11 Å². The van der Waals surface area contributed by atoms with Crippen molar-refractivity contribution in [2.45, 2.75) is 30.8 Å². The van der Waals surface area contributed by atoms with E-state index in [1.54, 1.807) is 0 Å². The number of sulfonamides is 1. The van der Waals surface area contributed by atoms with Crippen LogP contribution < -0.4 is 10.0 Å². The molecule has 160 valence electrons. The summed E-state index contributed by atoms with van der Waals surface area (Å²) in [5.74, 6) is -2.86. The Morgan fingerprint density at radius 2 is 1.90 bits per heavy atom. The van der Waals surface area contributed by atoms with Crippen molar-refractivity contribution in [1.82, 2.24) is 10.0 Å². The standard InChI is InChI=1S/C18H18N2O8S2/c1-10(22)6-11(9-21)20-17(24)16-5-2-12(29-16)8-19-30(27,28)13-3-4-15(23)14(7-13)18(25)26/h2-5,7,9,11,19,23H,6,8H2,1H3,(H,20,24)(H,25,26)/t11-/m0/s1. The molecule has 0 unspecified atom stereocenters. The lowest BCUT2D eigenvalue weighted by Gasteiger charge is -2.09. The lowest BCUT2D eigenvalue weighted by Crippen LogP contribution is -2.36. The fraction of sp³-hybridized carbons (Fsp3) is 0.222. The summed E-state index contributed by atoms with van der Waals surface area (Å²) >= 11 is 0.985. The van der Waals surface area contributed by atoms with E-state index >= 15 is 0 Å². The number of carbonyl (C=O) groups excluding carboxylic acids is 3. The molecule has 0 fully saturated rings. The van der Waals surface area contributed by atoms with Crippen molar-refractivity contribution in [2.75, 3.05) is 0 Å². The molecule has 0 aliphatic heterocycles. The van der Waals surface area contributed by atoms with Crippen LogP contribution in [0.1, 0.15) is 38.3 Å². The number of nitrogens with one attached hydrogen (secondary N) is 2. The first kappa shape index (κ1) is 23.2. The van der Waals surface area contributed by atoms with E-state index in [9.17, 15) is 32.7 Å². The zero-order chi connectivity index (χ0) is 22.5. The van der Waals surface area contributed by atoms with Gasteiger partial charge >= 0.3 is 5.97 Å². The fourth-order valence-corrected chi connectivity index (χ4v) is 4.35. The fourth-order valence-electron chi connectivity index (χ4n) is 2.38. The number of carboxylic acids is 1. The van der Waals surface area contributed by atoms with Gasteiger partial charge < -0.3 is 20.3 Å². The first-order chi connectivity index (χ1) is 14.0. The second-order valence-electron chi connectivity index (χ2n) is 6.20. The molecule has 0 aliphatic carbocycles. The number of aromatic hydroxyl groups is 1. The summed E-state index contributed by atoms with van der Waals surface area (Å²) in [7, 11) is -4.08. The van der Waals surface area contributed by atoms with Gasteiger partial charge in [0.25, 0.3) is 5.91 Å². The third-order valence-electron chi connectivity index (χ3n) is 3.82. The quantitative estimate of drug-likeness (QED) is 0.384. The third kappa shape index (κ3) is 5.95. The van der Waals surface area contributed by atoms with Gasteiger partial charge in [-0.05, 0) is 37.3 Å². The highest BCUT2D eigenvalue weighted by Gasteiger charge is 2.20. The predicted octanol–water partition coefficient (Wildman–Crippen LogP) is 0.907. The van der Waals surface area contributed by atoms with Gasteiger partial charge in [0.15, 0.2) is 0 Å². The number of aldehydes is 1. The summed E-state index contributed by atoms with van der Waals surface area (Å²) in [6.45, 7) is 1.12. The average Bonchev–Trinajstić information content (AvgIpc) is 3.14. The molecule has 0 aliphatic rings. The van der Waals surface area contributed by atoms with Crippen molar-refractivity contribution < 1.29 is 37.8 Å². The second-order valence-corrected chi connectivity index (χ2v) is 9.13. The molecule has 0 radical (unpaired) electrons. The predicted molar refractivity (Wildman–Crippen MR) is 106 cm³/mol. The minimum atomic E-state index is -4.08.